The third-order valence-electron chi connectivity index (χ3n) is 2.09. The molecule has 0 aromatic carbocycles. The number of alkyl halides is 2. The lowest BCUT2D eigenvalue weighted by atomic mass is 10.3. The molecule has 1 heterocycles. The summed E-state index contributed by atoms with van der Waals surface area (Å²) in [5.41, 5.74) is -0.857. The van der Waals surface area contributed by atoms with Crippen molar-refractivity contribution >= 4 is 12.4 Å². The van der Waals surface area contributed by atoms with Gasteiger partial charge in [-0.05, 0) is 0 Å². The Labute approximate surface area is 102 Å². The van der Waals surface area contributed by atoms with Gasteiger partial charge >= 0.3 is 5.69 Å². The van der Waals surface area contributed by atoms with Crippen molar-refractivity contribution < 1.29 is 8.78 Å². The lowest BCUT2D eigenvalue weighted by molar-refractivity contribution is 0.220. The SMILES string of the molecule is Cl.O=c1[nH]cc(CN(CCF)CCF)c(=O)[nH]1. The largest absolute Gasteiger partial charge is 0.325 e. The van der Waals surface area contributed by atoms with Crippen LogP contribution in [0.5, 0.6) is 0 Å². The Morgan fingerprint density at radius 2 is 1.76 bits per heavy atom. The molecule has 0 amide bonds. The topological polar surface area (TPSA) is 69.0 Å². The monoisotopic (exact) mass is 269 g/mol. The molecule has 1 aromatic heterocycles. The van der Waals surface area contributed by atoms with Crippen molar-refractivity contribution in [3.63, 3.8) is 0 Å². The third-order valence-corrected chi connectivity index (χ3v) is 2.09. The molecule has 1 aromatic rings. The van der Waals surface area contributed by atoms with Gasteiger partial charge in [-0.15, -0.1) is 12.4 Å². The highest BCUT2D eigenvalue weighted by Crippen LogP contribution is 1.97. The van der Waals surface area contributed by atoms with Crippen LogP contribution in [0.15, 0.2) is 15.8 Å². The molecule has 0 bridgehead atoms. The second kappa shape index (κ2) is 7.97. The first-order chi connectivity index (χ1) is 7.67. The summed E-state index contributed by atoms with van der Waals surface area (Å²) in [6, 6.07) is 0. The molecule has 5 nitrogen and oxygen atoms in total. The molecule has 1 rings (SSSR count). The van der Waals surface area contributed by atoms with Crippen LogP contribution in [0.2, 0.25) is 0 Å². The summed E-state index contributed by atoms with van der Waals surface area (Å²) in [7, 11) is 0. The molecule has 0 atom stereocenters. The highest BCUT2D eigenvalue weighted by Gasteiger charge is 2.08. The van der Waals surface area contributed by atoms with Crippen molar-refractivity contribution in [3.8, 4) is 0 Å². The Balaban J connectivity index is 0.00000256. The maximum absolute atomic E-state index is 12.1. The van der Waals surface area contributed by atoms with E-state index in [1.807, 2.05) is 4.98 Å². The van der Waals surface area contributed by atoms with E-state index in [2.05, 4.69) is 4.98 Å². The van der Waals surface area contributed by atoms with E-state index >= 15 is 0 Å². The molecule has 0 aliphatic rings. The predicted octanol–water partition coefficient (Wildman–Crippen LogP) is 0.226. The highest BCUT2D eigenvalue weighted by atomic mass is 35.5. The molecule has 0 saturated heterocycles. The van der Waals surface area contributed by atoms with Crippen molar-refractivity contribution in [2.75, 3.05) is 26.4 Å². The minimum atomic E-state index is -0.610. The quantitative estimate of drug-likeness (QED) is 0.777. The Morgan fingerprint density at radius 1 is 1.18 bits per heavy atom. The summed E-state index contributed by atoms with van der Waals surface area (Å²) in [4.78, 5) is 27.8. The maximum Gasteiger partial charge on any atom is 0.325 e. The van der Waals surface area contributed by atoms with Crippen LogP contribution < -0.4 is 11.2 Å². The zero-order chi connectivity index (χ0) is 12.0. The highest BCUT2D eigenvalue weighted by molar-refractivity contribution is 5.85. The van der Waals surface area contributed by atoms with Gasteiger partial charge in [0.05, 0.1) is 0 Å². The smallest absolute Gasteiger partial charge is 0.314 e. The Hall–Kier alpha value is -1.21. The van der Waals surface area contributed by atoms with E-state index in [1.54, 1.807) is 0 Å². The molecular formula is C9H14ClF2N3O2. The first-order valence-corrected chi connectivity index (χ1v) is 4.82. The Kier molecular flexibility index (Phi) is 7.40. The summed E-state index contributed by atoms with van der Waals surface area (Å²) >= 11 is 0. The van der Waals surface area contributed by atoms with Crippen LogP contribution in [-0.2, 0) is 6.54 Å². The zero-order valence-electron chi connectivity index (χ0n) is 9.04. The molecule has 0 aliphatic carbocycles. The number of hydrogen-bond acceptors (Lipinski definition) is 3. The Morgan fingerprint density at radius 3 is 2.24 bits per heavy atom. The first-order valence-electron chi connectivity index (χ1n) is 4.82. The van der Waals surface area contributed by atoms with E-state index in [0.717, 1.165) is 0 Å². The van der Waals surface area contributed by atoms with E-state index in [9.17, 15) is 18.4 Å². The van der Waals surface area contributed by atoms with Crippen molar-refractivity contribution in [2.24, 2.45) is 0 Å². The normalized spacial score (nSPS) is 10.3. The van der Waals surface area contributed by atoms with Crippen LogP contribution in [0.3, 0.4) is 0 Å². The van der Waals surface area contributed by atoms with Crippen LogP contribution in [0.1, 0.15) is 5.56 Å². The maximum atomic E-state index is 12.1. The second-order valence-corrected chi connectivity index (χ2v) is 3.25. The molecular weight excluding hydrogens is 256 g/mol. The minimum Gasteiger partial charge on any atom is -0.314 e. The lowest BCUT2D eigenvalue weighted by Crippen LogP contribution is -2.33. The van der Waals surface area contributed by atoms with Gasteiger partial charge in [-0.3, -0.25) is 14.7 Å². The van der Waals surface area contributed by atoms with Gasteiger partial charge in [0.2, 0.25) is 0 Å². The summed E-state index contributed by atoms with van der Waals surface area (Å²) in [5.74, 6) is 0. The van der Waals surface area contributed by atoms with Crippen LogP contribution in [-0.4, -0.2) is 41.3 Å². The fraction of sp³-hybridized carbons (Fsp3) is 0.556. The summed E-state index contributed by atoms with van der Waals surface area (Å²) in [6.07, 6.45) is 1.25. The number of halogens is 3. The van der Waals surface area contributed by atoms with Crippen LogP contribution >= 0.6 is 12.4 Å². The molecule has 0 unspecified atom stereocenters. The van der Waals surface area contributed by atoms with Gasteiger partial charge in [-0.2, -0.15) is 0 Å². The number of H-pyrrole nitrogens is 2. The minimum absolute atomic E-state index is 0. The summed E-state index contributed by atoms with van der Waals surface area (Å²) in [5, 5.41) is 0. The van der Waals surface area contributed by atoms with Crippen molar-refractivity contribution in [1.29, 1.82) is 0 Å². The molecule has 0 fully saturated rings. The van der Waals surface area contributed by atoms with E-state index in [-0.39, 0.29) is 37.6 Å². The third kappa shape index (κ3) is 5.10. The van der Waals surface area contributed by atoms with Gasteiger partial charge in [0.1, 0.15) is 13.3 Å². The van der Waals surface area contributed by atoms with Crippen LogP contribution in [0.25, 0.3) is 0 Å². The van der Waals surface area contributed by atoms with Crippen molar-refractivity contribution in [2.45, 2.75) is 6.54 Å². The van der Waals surface area contributed by atoms with Crippen LogP contribution in [0, 0.1) is 0 Å². The molecule has 0 radical (unpaired) electrons. The number of hydrogen-bond donors (Lipinski definition) is 2. The second-order valence-electron chi connectivity index (χ2n) is 3.25. The average Bonchev–Trinajstić information content (AvgIpc) is 2.23. The number of rotatable bonds is 6. The van der Waals surface area contributed by atoms with Crippen LogP contribution in [0.4, 0.5) is 8.78 Å². The molecule has 0 saturated carbocycles. The lowest BCUT2D eigenvalue weighted by Gasteiger charge is -2.18. The van der Waals surface area contributed by atoms with Gasteiger partial charge < -0.3 is 4.98 Å². The van der Waals surface area contributed by atoms with Gasteiger partial charge in [0, 0.05) is 31.4 Å². The molecule has 0 spiro atoms. The number of nitrogens with one attached hydrogen (secondary N) is 2. The number of aromatic amines is 2. The van der Waals surface area contributed by atoms with Gasteiger partial charge in [0.25, 0.3) is 5.56 Å². The van der Waals surface area contributed by atoms with Gasteiger partial charge in [0.15, 0.2) is 0 Å². The van der Waals surface area contributed by atoms with Crippen molar-refractivity contribution in [1.82, 2.24) is 14.9 Å². The number of nitrogens with zero attached hydrogens (tertiary/aromatic N) is 1. The van der Waals surface area contributed by atoms with Crippen molar-refractivity contribution in [3.05, 3.63) is 32.6 Å². The van der Waals surface area contributed by atoms with E-state index in [4.69, 9.17) is 0 Å². The standard InChI is InChI=1S/C9H13F2N3O2.ClH/c10-1-3-14(4-2-11)6-7-5-12-9(16)13-8(7)15;/h5H,1-4,6H2,(H2,12,13,15,16);1H. The summed E-state index contributed by atoms with van der Waals surface area (Å²) in [6.45, 7) is -0.993. The average molecular weight is 270 g/mol. The molecule has 0 aliphatic heterocycles. The molecule has 17 heavy (non-hydrogen) atoms. The van der Waals surface area contributed by atoms with E-state index in [1.165, 1.54) is 11.1 Å². The predicted molar refractivity (Wildman–Crippen MR) is 62.2 cm³/mol. The molecule has 98 valence electrons. The molecule has 8 heteroatoms. The van der Waals surface area contributed by atoms with E-state index < -0.39 is 24.6 Å². The van der Waals surface area contributed by atoms with E-state index in [0.29, 0.717) is 0 Å². The molecule has 2 N–H and O–H groups in total. The summed E-state index contributed by atoms with van der Waals surface area (Å²) < 4.78 is 24.3. The fourth-order valence-electron chi connectivity index (χ4n) is 1.30. The van der Waals surface area contributed by atoms with Gasteiger partial charge in [-0.1, -0.05) is 0 Å². The number of aromatic nitrogens is 2. The first kappa shape index (κ1) is 15.8. The Bertz CT molecular complexity index is 429. The van der Waals surface area contributed by atoms with Gasteiger partial charge in [-0.25, -0.2) is 13.6 Å². The zero-order valence-corrected chi connectivity index (χ0v) is 9.86. The fourth-order valence-corrected chi connectivity index (χ4v) is 1.30.